The summed E-state index contributed by atoms with van der Waals surface area (Å²) >= 11 is 8.13. The molecule has 0 spiro atoms. The Bertz CT molecular complexity index is 1680. The average Bonchev–Trinajstić information content (AvgIpc) is 3.41. The number of carbonyl (C=O) groups is 2. The number of aromatic nitrogens is 2. The normalized spacial score (nSPS) is 16.9. The number of hydrogen-bond donors (Lipinski definition) is 2. The smallest absolute Gasteiger partial charge is 0.289 e. The summed E-state index contributed by atoms with van der Waals surface area (Å²) in [5, 5.41) is 32.7. The number of nitrogens with one attached hydrogen (secondary N) is 1. The van der Waals surface area contributed by atoms with Crippen LogP contribution in [0.3, 0.4) is 0 Å². The van der Waals surface area contributed by atoms with Crippen molar-refractivity contribution in [2.75, 3.05) is 16.0 Å². The number of thioether (sulfide) groups is 1. The van der Waals surface area contributed by atoms with E-state index < -0.39 is 16.7 Å². The van der Waals surface area contributed by atoms with Crippen LogP contribution in [0.25, 0.3) is 0 Å². The second-order valence-corrected chi connectivity index (χ2v) is 11.9. The first-order chi connectivity index (χ1) is 19.7. The third-order valence-corrected chi connectivity index (χ3v) is 9.03. The van der Waals surface area contributed by atoms with Crippen LogP contribution in [-0.4, -0.2) is 32.6 Å². The Balaban J connectivity index is 1.38. The molecule has 14 heteroatoms. The van der Waals surface area contributed by atoms with Gasteiger partial charge in [-0.15, -0.1) is 10.2 Å². The van der Waals surface area contributed by atoms with Gasteiger partial charge in [0.1, 0.15) is 10.8 Å². The predicted molar refractivity (Wildman–Crippen MR) is 156 cm³/mol. The third kappa shape index (κ3) is 5.67. The van der Waals surface area contributed by atoms with E-state index in [2.05, 4.69) is 21.6 Å². The van der Waals surface area contributed by atoms with Crippen LogP contribution in [0.5, 0.6) is 0 Å². The van der Waals surface area contributed by atoms with Crippen molar-refractivity contribution >= 4 is 62.9 Å². The second-order valence-electron chi connectivity index (χ2n) is 9.34. The number of anilines is 2. The number of nitriles is 1. The molecule has 1 aromatic heterocycles. The lowest BCUT2D eigenvalue weighted by molar-refractivity contribution is -0.384. The Morgan fingerprint density at radius 1 is 1.29 bits per heavy atom. The number of nitro groups is 1. The molecule has 1 aliphatic heterocycles. The van der Waals surface area contributed by atoms with Gasteiger partial charge in [-0.05, 0) is 37.5 Å². The molecule has 3 N–H and O–H groups in total. The van der Waals surface area contributed by atoms with Crippen LogP contribution in [0.2, 0.25) is 5.02 Å². The lowest BCUT2D eigenvalue weighted by atomic mass is 9.75. The molecule has 0 radical (unpaired) electrons. The fourth-order valence-corrected chi connectivity index (χ4v) is 6.67. The first-order valence-corrected chi connectivity index (χ1v) is 14.6. The van der Waals surface area contributed by atoms with E-state index in [1.54, 1.807) is 4.90 Å². The van der Waals surface area contributed by atoms with Crippen molar-refractivity contribution in [2.24, 2.45) is 5.73 Å². The summed E-state index contributed by atoms with van der Waals surface area (Å²) in [6.45, 7) is 1.97. The second kappa shape index (κ2) is 11.7. The fourth-order valence-electron chi connectivity index (χ4n) is 4.80. The van der Waals surface area contributed by atoms with Crippen LogP contribution < -0.4 is 16.0 Å². The number of rotatable bonds is 7. The van der Waals surface area contributed by atoms with Gasteiger partial charge in [-0.3, -0.25) is 24.6 Å². The Hall–Kier alpha value is -4.25. The Morgan fingerprint density at radius 2 is 2.05 bits per heavy atom. The SMILES string of the molecule is Cc1ccc(C2C(C#N)=C(N)N(c3nnc(SCC(=O)Nc4ccc(Cl)c([N+](=O)[O-])c4)s3)C3=C2C(=O)CCC3)cc1. The first-order valence-electron chi connectivity index (χ1n) is 12.4. The molecule has 0 saturated carbocycles. The van der Waals surface area contributed by atoms with Crippen LogP contribution in [0.15, 0.2) is 69.5 Å². The van der Waals surface area contributed by atoms with E-state index >= 15 is 0 Å². The van der Waals surface area contributed by atoms with Gasteiger partial charge in [-0.25, -0.2) is 0 Å². The summed E-state index contributed by atoms with van der Waals surface area (Å²) in [6.07, 6.45) is 1.62. The molecule has 1 amide bonds. The summed E-state index contributed by atoms with van der Waals surface area (Å²) in [5.41, 5.74) is 9.92. The maximum Gasteiger partial charge on any atom is 0.289 e. The number of nitrogens with zero attached hydrogens (tertiary/aromatic N) is 5. The molecule has 2 aliphatic rings. The molecule has 11 nitrogen and oxygen atoms in total. The summed E-state index contributed by atoms with van der Waals surface area (Å²) in [7, 11) is 0. The van der Waals surface area contributed by atoms with Crippen molar-refractivity contribution in [2.45, 2.75) is 36.4 Å². The van der Waals surface area contributed by atoms with Crippen LogP contribution in [0.1, 0.15) is 36.3 Å². The monoisotopic (exact) mass is 607 g/mol. The van der Waals surface area contributed by atoms with E-state index in [9.17, 15) is 25.0 Å². The van der Waals surface area contributed by atoms with Gasteiger partial charge < -0.3 is 11.1 Å². The van der Waals surface area contributed by atoms with Crippen molar-refractivity contribution in [3.63, 3.8) is 0 Å². The molecule has 0 fully saturated rings. The number of halogens is 1. The molecule has 2 heterocycles. The Kier molecular flexibility index (Phi) is 8.07. The molecule has 0 saturated heterocycles. The van der Waals surface area contributed by atoms with Gasteiger partial charge in [0.25, 0.3) is 5.69 Å². The number of aryl methyl sites for hydroxylation is 1. The van der Waals surface area contributed by atoms with Crippen LogP contribution in [0.4, 0.5) is 16.5 Å². The van der Waals surface area contributed by atoms with E-state index in [-0.39, 0.29) is 39.3 Å². The Morgan fingerprint density at radius 3 is 2.76 bits per heavy atom. The van der Waals surface area contributed by atoms with Gasteiger partial charge in [0, 0.05) is 29.4 Å². The predicted octanol–water partition coefficient (Wildman–Crippen LogP) is 5.44. The van der Waals surface area contributed by atoms with Crippen molar-refractivity contribution in [3.8, 4) is 6.07 Å². The zero-order valence-electron chi connectivity index (χ0n) is 21.6. The van der Waals surface area contributed by atoms with E-state index in [0.29, 0.717) is 40.0 Å². The van der Waals surface area contributed by atoms with Crippen molar-refractivity contribution in [1.82, 2.24) is 10.2 Å². The summed E-state index contributed by atoms with van der Waals surface area (Å²) in [6, 6.07) is 13.9. The van der Waals surface area contributed by atoms with Crippen LogP contribution in [-0.2, 0) is 9.59 Å². The minimum atomic E-state index is -0.627. The maximum atomic E-state index is 13.3. The number of benzene rings is 2. The molecule has 2 aromatic carbocycles. The number of nitro benzene ring substituents is 1. The molecule has 1 unspecified atom stereocenters. The van der Waals surface area contributed by atoms with Gasteiger partial charge in [-0.2, -0.15) is 5.26 Å². The lowest BCUT2D eigenvalue weighted by Gasteiger charge is -2.38. The summed E-state index contributed by atoms with van der Waals surface area (Å²) < 4.78 is 0.466. The number of nitrogens with two attached hydrogens (primary N) is 1. The van der Waals surface area contributed by atoms with Gasteiger partial charge in [0.05, 0.1) is 28.2 Å². The average molecular weight is 608 g/mol. The van der Waals surface area contributed by atoms with E-state index in [1.165, 1.54) is 29.5 Å². The zero-order chi connectivity index (χ0) is 29.3. The van der Waals surface area contributed by atoms with Crippen LogP contribution >= 0.6 is 34.7 Å². The van der Waals surface area contributed by atoms with Gasteiger partial charge in [-0.1, -0.05) is 64.5 Å². The van der Waals surface area contributed by atoms with Gasteiger partial charge >= 0.3 is 0 Å². The maximum absolute atomic E-state index is 13.3. The number of ketones is 1. The quantitative estimate of drug-likeness (QED) is 0.200. The molecule has 41 heavy (non-hydrogen) atoms. The molecular weight excluding hydrogens is 586 g/mol. The van der Waals surface area contributed by atoms with Crippen molar-refractivity contribution in [3.05, 3.63) is 91.4 Å². The Labute approximate surface area is 247 Å². The minimum Gasteiger partial charge on any atom is -0.384 e. The number of carbonyl (C=O) groups excluding carboxylic acids is 2. The number of hydrogen-bond acceptors (Lipinski definition) is 11. The first kappa shape index (κ1) is 28.3. The van der Waals surface area contributed by atoms with Crippen molar-refractivity contribution in [1.29, 1.82) is 5.26 Å². The molecule has 0 bridgehead atoms. The standard InChI is InChI=1S/C27H22ClN7O4S2/c1-14-5-7-15(8-6-14)23-17(12-29)25(30)34(19-3-2-4-21(36)24(19)23)26-32-33-27(41-26)40-13-22(37)31-16-9-10-18(28)20(11-16)35(38)39/h5-11,23H,2-4,13,30H2,1H3,(H,31,37). The van der Waals surface area contributed by atoms with Crippen molar-refractivity contribution < 1.29 is 14.5 Å². The van der Waals surface area contributed by atoms with Crippen LogP contribution in [0, 0.1) is 28.4 Å². The van der Waals surface area contributed by atoms with E-state index in [1.807, 2.05) is 31.2 Å². The number of Topliss-reactive ketones (excluding diaryl/α,β-unsaturated/α-hetero) is 1. The third-order valence-electron chi connectivity index (χ3n) is 6.66. The van der Waals surface area contributed by atoms with E-state index in [0.717, 1.165) is 22.9 Å². The van der Waals surface area contributed by atoms with Gasteiger partial charge in [0.15, 0.2) is 10.1 Å². The molecule has 1 aliphatic carbocycles. The lowest BCUT2D eigenvalue weighted by Crippen LogP contribution is -2.38. The molecule has 3 aromatic rings. The minimum absolute atomic E-state index is 0.0275. The summed E-state index contributed by atoms with van der Waals surface area (Å²) in [4.78, 5) is 37.9. The highest BCUT2D eigenvalue weighted by Gasteiger charge is 2.41. The summed E-state index contributed by atoms with van der Waals surface area (Å²) in [5.74, 6) is -0.839. The fraction of sp³-hybridized carbons (Fsp3) is 0.222. The van der Waals surface area contributed by atoms with E-state index in [4.69, 9.17) is 17.3 Å². The van der Waals surface area contributed by atoms with Gasteiger partial charge in [0.2, 0.25) is 11.0 Å². The highest BCUT2D eigenvalue weighted by molar-refractivity contribution is 8.01. The molecule has 5 rings (SSSR count). The number of amides is 1. The number of allylic oxidation sites excluding steroid dienone is 3. The molecule has 208 valence electrons. The topological polar surface area (TPSA) is 168 Å². The largest absolute Gasteiger partial charge is 0.384 e. The zero-order valence-corrected chi connectivity index (χ0v) is 24.0. The highest BCUT2D eigenvalue weighted by Crippen LogP contribution is 2.47. The molecule has 1 atom stereocenters. The highest BCUT2D eigenvalue weighted by atomic mass is 35.5. The molecular formula is C27H22ClN7O4S2.